The maximum absolute atomic E-state index is 13.2. The van der Waals surface area contributed by atoms with Crippen LogP contribution in [0.3, 0.4) is 0 Å². The van der Waals surface area contributed by atoms with Crippen LogP contribution >= 0.6 is 0 Å². The van der Waals surface area contributed by atoms with Gasteiger partial charge in [-0.15, -0.1) is 0 Å². The van der Waals surface area contributed by atoms with Crippen molar-refractivity contribution in [2.75, 3.05) is 37.7 Å². The first-order valence-corrected chi connectivity index (χ1v) is 16.4. The topological polar surface area (TPSA) is 108 Å². The number of aliphatic imine (C=N–C) groups is 1. The van der Waals surface area contributed by atoms with Gasteiger partial charge in [0.2, 0.25) is 10.0 Å². The fraction of sp³-hybridized carbons (Fsp3) is 0.633. The summed E-state index contributed by atoms with van der Waals surface area (Å²) >= 11 is 0. The normalized spacial score (nSPS) is 25.4. The number of aryl methyl sites for hydroxylation is 2. The SMILES string of the molecule is Cc1cc(N2CCOCC2=O)cc(C)c1/C=C/S(=O)(=O)N1CCC2(CC1)N=C(C1CCC(CCC(F)(F)F)CC1)NC2=O. The van der Waals surface area contributed by atoms with Crippen molar-refractivity contribution in [2.24, 2.45) is 16.8 Å². The molecule has 0 aromatic heterocycles. The van der Waals surface area contributed by atoms with E-state index in [-0.39, 0.29) is 62.6 Å². The number of carbonyl (C=O) groups excluding carboxylic acids is 2. The van der Waals surface area contributed by atoms with Crippen LogP contribution in [-0.2, 0) is 24.3 Å². The molecule has 1 aliphatic carbocycles. The zero-order valence-corrected chi connectivity index (χ0v) is 25.4. The second-order valence-corrected chi connectivity index (χ2v) is 14.0. The van der Waals surface area contributed by atoms with E-state index in [2.05, 4.69) is 5.32 Å². The largest absolute Gasteiger partial charge is 0.389 e. The molecule has 0 radical (unpaired) electrons. The smallest absolute Gasteiger partial charge is 0.370 e. The van der Waals surface area contributed by atoms with Crippen molar-refractivity contribution in [1.82, 2.24) is 9.62 Å². The van der Waals surface area contributed by atoms with Gasteiger partial charge in [0.05, 0.1) is 6.61 Å². The number of amides is 2. The molecule has 1 aromatic rings. The van der Waals surface area contributed by atoms with Crippen LogP contribution < -0.4 is 10.2 Å². The van der Waals surface area contributed by atoms with E-state index in [0.717, 1.165) is 22.4 Å². The summed E-state index contributed by atoms with van der Waals surface area (Å²) in [4.78, 5) is 31.7. The summed E-state index contributed by atoms with van der Waals surface area (Å²) in [5.41, 5.74) is 2.21. The van der Waals surface area contributed by atoms with Gasteiger partial charge >= 0.3 is 6.18 Å². The molecule has 0 unspecified atom stereocenters. The van der Waals surface area contributed by atoms with Gasteiger partial charge in [-0.3, -0.25) is 14.6 Å². The monoisotopic (exact) mass is 624 g/mol. The predicted octanol–water partition coefficient (Wildman–Crippen LogP) is 4.48. The number of amidine groups is 1. The number of hydrogen-bond acceptors (Lipinski definition) is 6. The molecule has 2 saturated heterocycles. The van der Waals surface area contributed by atoms with E-state index in [4.69, 9.17) is 9.73 Å². The molecule has 0 bridgehead atoms. The number of nitrogens with one attached hydrogen (secondary N) is 1. The summed E-state index contributed by atoms with van der Waals surface area (Å²) in [7, 11) is -3.76. The van der Waals surface area contributed by atoms with Crippen molar-refractivity contribution in [3.8, 4) is 0 Å². The minimum absolute atomic E-state index is 0.00870. The van der Waals surface area contributed by atoms with Crippen LogP contribution in [0.4, 0.5) is 18.9 Å². The molecule has 1 spiro atoms. The molecule has 9 nitrogen and oxygen atoms in total. The molecular formula is C30H39F3N4O5S. The molecule has 13 heteroatoms. The lowest BCUT2D eigenvalue weighted by atomic mass is 9.79. The molecule has 1 aromatic carbocycles. The van der Waals surface area contributed by atoms with Crippen LogP contribution in [0, 0.1) is 25.7 Å². The van der Waals surface area contributed by atoms with Crippen molar-refractivity contribution in [3.63, 3.8) is 0 Å². The molecule has 3 aliphatic heterocycles. The van der Waals surface area contributed by atoms with Crippen molar-refractivity contribution >= 4 is 39.4 Å². The molecule has 4 aliphatic rings. The number of anilines is 1. The number of nitrogens with zero attached hydrogens (tertiary/aromatic N) is 3. The van der Waals surface area contributed by atoms with Gasteiger partial charge in [0.15, 0.2) is 0 Å². The number of rotatable bonds is 7. The summed E-state index contributed by atoms with van der Waals surface area (Å²) in [5.74, 6) is 0.307. The highest BCUT2D eigenvalue weighted by Crippen LogP contribution is 2.38. The number of morpholine rings is 1. The Labute approximate surface area is 250 Å². The maximum atomic E-state index is 13.2. The van der Waals surface area contributed by atoms with E-state index < -0.39 is 28.2 Å². The van der Waals surface area contributed by atoms with E-state index in [0.29, 0.717) is 44.7 Å². The summed E-state index contributed by atoms with van der Waals surface area (Å²) in [6.45, 7) is 5.02. The van der Waals surface area contributed by atoms with Crippen molar-refractivity contribution in [2.45, 2.75) is 76.9 Å². The second-order valence-electron chi connectivity index (χ2n) is 12.2. The van der Waals surface area contributed by atoms with Gasteiger partial charge in [-0.05, 0) is 99.6 Å². The number of halogens is 3. The minimum atomic E-state index is -4.14. The van der Waals surface area contributed by atoms with Gasteiger partial charge in [0.1, 0.15) is 18.0 Å². The molecule has 5 rings (SSSR count). The highest BCUT2D eigenvalue weighted by atomic mass is 32.2. The zero-order valence-electron chi connectivity index (χ0n) is 24.6. The zero-order chi connectivity index (χ0) is 31.0. The third-order valence-corrected chi connectivity index (χ3v) is 10.8. The van der Waals surface area contributed by atoms with E-state index in [9.17, 15) is 31.2 Å². The fourth-order valence-corrected chi connectivity index (χ4v) is 7.85. The van der Waals surface area contributed by atoms with Gasteiger partial charge in [-0.25, -0.2) is 8.42 Å². The third-order valence-electron chi connectivity index (χ3n) is 9.26. The molecule has 236 valence electrons. The lowest BCUT2D eigenvalue weighted by Gasteiger charge is -2.34. The Morgan fingerprint density at radius 2 is 1.72 bits per heavy atom. The van der Waals surface area contributed by atoms with Gasteiger partial charge < -0.3 is 15.0 Å². The van der Waals surface area contributed by atoms with Crippen molar-refractivity contribution in [1.29, 1.82) is 0 Å². The predicted molar refractivity (Wildman–Crippen MR) is 157 cm³/mol. The Bertz CT molecular complexity index is 1390. The van der Waals surface area contributed by atoms with Crippen LogP contribution in [0.1, 0.15) is 68.1 Å². The highest BCUT2D eigenvalue weighted by Gasteiger charge is 2.48. The molecule has 3 fully saturated rings. The first-order chi connectivity index (χ1) is 20.3. The van der Waals surface area contributed by atoms with E-state index >= 15 is 0 Å². The van der Waals surface area contributed by atoms with Crippen molar-refractivity contribution in [3.05, 3.63) is 34.2 Å². The Kier molecular flexibility index (Phi) is 9.06. The minimum Gasteiger partial charge on any atom is -0.370 e. The second kappa shape index (κ2) is 12.3. The molecule has 1 N–H and O–H groups in total. The number of hydrogen-bond donors (Lipinski definition) is 1. The summed E-state index contributed by atoms with van der Waals surface area (Å²) in [6, 6.07) is 3.74. The molecular weight excluding hydrogens is 585 g/mol. The Morgan fingerprint density at radius 1 is 1.07 bits per heavy atom. The Morgan fingerprint density at radius 3 is 2.33 bits per heavy atom. The fourth-order valence-electron chi connectivity index (χ4n) is 6.68. The first kappa shape index (κ1) is 31.6. The number of piperidine rings is 1. The van der Waals surface area contributed by atoms with Gasteiger partial charge in [0.25, 0.3) is 11.8 Å². The summed E-state index contributed by atoms with van der Waals surface area (Å²) in [6.07, 6.45) is 0.0591. The number of alkyl halides is 3. The van der Waals surface area contributed by atoms with Gasteiger partial charge in [0, 0.05) is 43.1 Å². The van der Waals surface area contributed by atoms with E-state index in [1.165, 1.54) is 9.71 Å². The maximum Gasteiger partial charge on any atom is 0.389 e. The summed E-state index contributed by atoms with van der Waals surface area (Å²) < 4.78 is 70.8. The standard InChI is InChI=1S/C30H39F3N4O5S/c1-20-17-24(37-14-15-42-19-26(37)38)18-21(2)25(20)8-16-43(40,41)36-12-10-29(11-13-36)28(39)34-27(35-29)23-5-3-22(4-6-23)7-9-30(31,32)33/h8,16-18,22-23H,3-7,9-15,19H2,1-2H3,(H,34,35,39)/b16-8+. The van der Waals surface area contributed by atoms with Crippen molar-refractivity contribution < 1.29 is 35.9 Å². The van der Waals surface area contributed by atoms with Crippen LogP contribution in [0.15, 0.2) is 22.5 Å². The molecule has 43 heavy (non-hydrogen) atoms. The molecule has 0 atom stereocenters. The number of carbonyl (C=O) groups is 2. The number of sulfonamides is 1. The average molecular weight is 625 g/mol. The van der Waals surface area contributed by atoms with Crippen LogP contribution in [-0.4, -0.2) is 74.9 Å². The first-order valence-electron chi connectivity index (χ1n) is 14.9. The highest BCUT2D eigenvalue weighted by molar-refractivity contribution is 7.92. The summed E-state index contributed by atoms with van der Waals surface area (Å²) in [5, 5.41) is 4.11. The average Bonchev–Trinajstić information content (AvgIpc) is 3.26. The molecule has 2 amide bonds. The van der Waals surface area contributed by atoms with Gasteiger partial charge in [-0.2, -0.15) is 17.5 Å². The van der Waals surface area contributed by atoms with Crippen LogP contribution in [0.25, 0.3) is 6.08 Å². The Hall–Kier alpha value is -2.77. The van der Waals surface area contributed by atoms with E-state index in [1.807, 2.05) is 26.0 Å². The molecule has 3 heterocycles. The lowest BCUT2D eigenvalue weighted by Crippen LogP contribution is -2.50. The third kappa shape index (κ3) is 7.15. The number of benzene rings is 1. The van der Waals surface area contributed by atoms with Crippen LogP contribution in [0.2, 0.25) is 0 Å². The van der Waals surface area contributed by atoms with E-state index in [1.54, 1.807) is 11.0 Å². The quantitative estimate of drug-likeness (QED) is 0.482. The van der Waals surface area contributed by atoms with Gasteiger partial charge in [-0.1, -0.05) is 0 Å². The lowest BCUT2D eigenvalue weighted by molar-refractivity contribution is -0.138. The molecule has 1 saturated carbocycles. The number of ether oxygens (including phenoxy) is 1. The van der Waals surface area contributed by atoms with Crippen LogP contribution in [0.5, 0.6) is 0 Å². The Balaban J connectivity index is 1.19.